The molecule has 86 valence electrons. The highest BCUT2D eigenvalue weighted by Crippen LogP contribution is 2.24. The van der Waals surface area contributed by atoms with Gasteiger partial charge in [0.2, 0.25) is 0 Å². The second-order valence-electron chi connectivity index (χ2n) is 3.93. The molecule has 0 bridgehead atoms. The van der Waals surface area contributed by atoms with Crippen LogP contribution in [0.2, 0.25) is 0 Å². The van der Waals surface area contributed by atoms with Crippen LogP contribution in [0.15, 0.2) is 51.9 Å². The van der Waals surface area contributed by atoms with Gasteiger partial charge >= 0.3 is 0 Å². The SMILES string of the molecule is Cc1cccc(-c2cccc(C=C(Br)Br)c2)c1. The zero-order valence-electron chi connectivity index (χ0n) is 9.45. The van der Waals surface area contributed by atoms with E-state index in [1.54, 1.807) is 0 Å². The second kappa shape index (κ2) is 5.65. The molecule has 0 N–H and O–H groups in total. The van der Waals surface area contributed by atoms with Crippen LogP contribution in [0, 0.1) is 6.92 Å². The van der Waals surface area contributed by atoms with Crippen LogP contribution in [0.3, 0.4) is 0 Å². The molecule has 0 aliphatic rings. The maximum atomic E-state index is 3.38. The van der Waals surface area contributed by atoms with Crippen molar-refractivity contribution in [1.82, 2.24) is 0 Å². The zero-order valence-corrected chi connectivity index (χ0v) is 12.6. The van der Waals surface area contributed by atoms with Gasteiger partial charge in [0.1, 0.15) is 0 Å². The summed E-state index contributed by atoms with van der Waals surface area (Å²) in [4.78, 5) is 0. The van der Waals surface area contributed by atoms with Crippen molar-refractivity contribution >= 4 is 37.9 Å². The summed E-state index contributed by atoms with van der Waals surface area (Å²) in [6, 6.07) is 17.0. The van der Waals surface area contributed by atoms with E-state index in [4.69, 9.17) is 0 Å². The fraction of sp³-hybridized carbons (Fsp3) is 0.0667. The van der Waals surface area contributed by atoms with E-state index in [0.29, 0.717) is 0 Å². The molecule has 0 saturated heterocycles. The number of hydrogen-bond donors (Lipinski definition) is 0. The molecule has 2 heteroatoms. The Bertz CT molecular complexity index is 552. The van der Waals surface area contributed by atoms with E-state index in [1.165, 1.54) is 22.3 Å². The van der Waals surface area contributed by atoms with Gasteiger partial charge in [-0.25, -0.2) is 0 Å². The van der Waals surface area contributed by atoms with Gasteiger partial charge in [0.05, 0.1) is 3.39 Å². The Morgan fingerprint density at radius 3 is 2.24 bits per heavy atom. The van der Waals surface area contributed by atoms with E-state index in [9.17, 15) is 0 Å². The van der Waals surface area contributed by atoms with Crippen LogP contribution in [0.5, 0.6) is 0 Å². The molecule has 2 aromatic rings. The van der Waals surface area contributed by atoms with Crippen molar-refractivity contribution in [2.75, 3.05) is 0 Å². The third kappa shape index (κ3) is 3.55. The summed E-state index contributed by atoms with van der Waals surface area (Å²) in [6.07, 6.45) is 2.04. The molecule has 0 saturated carbocycles. The molecule has 0 nitrogen and oxygen atoms in total. The average molecular weight is 352 g/mol. The minimum Gasteiger partial charge on any atom is -0.0614 e. The quantitative estimate of drug-likeness (QED) is 0.646. The lowest BCUT2D eigenvalue weighted by Crippen LogP contribution is -1.80. The molecular formula is C15H12Br2. The maximum absolute atomic E-state index is 3.38. The fourth-order valence-electron chi connectivity index (χ4n) is 1.76. The van der Waals surface area contributed by atoms with E-state index in [-0.39, 0.29) is 0 Å². The molecule has 0 aliphatic carbocycles. The van der Waals surface area contributed by atoms with Gasteiger partial charge in [-0.3, -0.25) is 0 Å². The number of aryl methyl sites for hydroxylation is 1. The largest absolute Gasteiger partial charge is 0.0614 e. The smallest absolute Gasteiger partial charge is 0.0610 e. The normalized spacial score (nSPS) is 10.1. The molecule has 2 rings (SSSR count). The van der Waals surface area contributed by atoms with Crippen LogP contribution in [-0.2, 0) is 0 Å². The summed E-state index contributed by atoms with van der Waals surface area (Å²) in [5.74, 6) is 0. The van der Waals surface area contributed by atoms with Gasteiger partial charge in [0.25, 0.3) is 0 Å². The predicted molar refractivity (Wildman–Crippen MR) is 82.4 cm³/mol. The minimum atomic E-state index is 0.950. The van der Waals surface area contributed by atoms with E-state index in [1.807, 2.05) is 6.08 Å². The lowest BCUT2D eigenvalue weighted by molar-refractivity contribution is 1.46. The Morgan fingerprint density at radius 2 is 1.59 bits per heavy atom. The molecule has 0 aromatic heterocycles. The van der Waals surface area contributed by atoms with E-state index in [0.717, 1.165) is 3.39 Å². The Morgan fingerprint density at radius 1 is 0.941 bits per heavy atom. The monoisotopic (exact) mass is 350 g/mol. The predicted octanol–water partition coefficient (Wildman–Crippen LogP) is 5.75. The summed E-state index contributed by atoms with van der Waals surface area (Å²) in [5, 5.41) is 0. The molecule has 0 unspecified atom stereocenters. The van der Waals surface area contributed by atoms with Gasteiger partial charge in [0, 0.05) is 0 Å². The zero-order chi connectivity index (χ0) is 12.3. The lowest BCUT2D eigenvalue weighted by Gasteiger charge is -2.04. The van der Waals surface area contributed by atoms with Gasteiger partial charge in [0.15, 0.2) is 0 Å². The van der Waals surface area contributed by atoms with Crippen molar-refractivity contribution in [2.45, 2.75) is 6.92 Å². The van der Waals surface area contributed by atoms with E-state index < -0.39 is 0 Å². The van der Waals surface area contributed by atoms with Gasteiger partial charge in [-0.1, -0.05) is 48.0 Å². The number of halogens is 2. The van der Waals surface area contributed by atoms with Crippen molar-refractivity contribution < 1.29 is 0 Å². The van der Waals surface area contributed by atoms with Crippen molar-refractivity contribution in [1.29, 1.82) is 0 Å². The Balaban J connectivity index is 2.43. The van der Waals surface area contributed by atoms with Crippen molar-refractivity contribution in [3.63, 3.8) is 0 Å². The number of hydrogen-bond acceptors (Lipinski definition) is 0. The van der Waals surface area contributed by atoms with Crippen LogP contribution in [0.25, 0.3) is 17.2 Å². The molecule has 0 radical (unpaired) electrons. The van der Waals surface area contributed by atoms with E-state index >= 15 is 0 Å². The fourth-order valence-corrected chi connectivity index (χ4v) is 2.29. The van der Waals surface area contributed by atoms with Gasteiger partial charge < -0.3 is 0 Å². The topological polar surface area (TPSA) is 0 Å². The molecule has 0 spiro atoms. The molecule has 2 aromatic carbocycles. The van der Waals surface area contributed by atoms with Crippen molar-refractivity contribution in [3.05, 3.63) is 63.0 Å². The molecule has 0 fully saturated rings. The van der Waals surface area contributed by atoms with Crippen LogP contribution in [-0.4, -0.2) is 0 Å². The molecular weight excluding hydrogens is 340 g/mol. The first kappa shape index (κ1) is 12.6. The van der Waals surface area contributed by atoms with E-state index in [2.05, 4.69) is 87.3 Å². The third-order valence-corrected chi connectivity index (χ3v) is 2.97. The molecule has 0 atom stereocenters. The summed E-state index contributed by atoms with van der Waals surface area (Å²) in [7, 11) is 0. The Hall–Kier alpha value is -0.860. The summed E-state index contributed by atoms with van der Waals surface area (Å²) in [5.41, 5.74) is 4.95. The van der Waals surface area contributed by atoms with Crippen molar-refractivity contribution in [2.24, 2.45) is 0 Å². The summed E-state index contributed by atoms with van der Waals surface area (Å²) < 4.78 is 0.950. The minimum absolute atomic E-state index is 0.950. The second-order valence-corrected chi connectivity index (χ2v) is 6.70. The van der Waals surface area contributed by atoms with Crippen LogP contribution < -0.4 is 0 Å². The summed E-state index contributed by atoms with van der Waals surface area (Å²) >= 11 is 6.76. The van der Waals surface area contributed by atoms with Gasteiger partial charge in [-0.2, -0.15) is 0 Å². The first-order chi connectivity index (χ1) is 8.15. The number of rotatable bonds is 2. The molecule has 0 heterocycles. The van der Waals surface area contributed by atoms with Crippen LogP contribution in [0.1, 0.15) is 11.1 Å². The molecule has 0 amide bonds. The van der Waals surface area contributed by atoms with Crippen LogP contribution in [0.4, 0.5) is 0 Å². The highest BCUT2D eigenvalue weighted by molar-refractivity contribution is 9.28. The molecule has 0 aliphatic heterocycles. The standard InChI is InChI=1S/C15H12Br2/c1-11-4-2-6-13(8-11)14-7-3-5-12(9-14)10-15(16)17/h2-10H,1H3. The molecule has 17 heavy (non-hydrogen) atoms. The van der Waals surface area contributed by atoms with Gasteiger partial charge in [-0.15, -0.1) is 0 Å². The van der Waals surface area contributed by atoms with Crippen LogP contribution >= 0.6 is 31.9 Å². The highest BCUT2D eigenvalue weighted by Gasteiger charge is 1.98. The highest BCUT2D eigenvalue weighted by atomic mass is 79.9. The third-order valence-electron chi connectivity index (χ3n) is 2.51. The lowest BCUT2D eigenvalue weighted by atomic mass is 10.0. The Kier molecular flexibility index (Phi) is 4.19. The van der Waals surface area contributed by atoms with Gasteiger partial charge in [-0.05, 0) is 67.6 Å². The Labute approximate surface area is 119 Å². The summed E-state index contributed by atoms with van der Waals surface area (Å²) in [6.45, 7) is 2.11. The van der Waals surface area contributed by atoms with Crippen molar-refractivity contribution in [3.8, 4) is 11.1 Å². The first-order valence-electron chi connectivity index (χ1n) is 5.35. The number of benzene rings is 2. The maximum Gasteiger partial charge on any atom is 0.0610 e. The average Bonchev–Trinajstić information content (AvgIpc) is 2.28. The first-order valence-corrected chi connectivity index (χ1v) is 6.93.